The van der Waals surface area contributed by atoms with Gasteiger partial charge < -0.3 is 4.90 Å². The Hall–Kier alpha value is -0.0400. The van der Waals surface area contributed by atoms with Crippen molar-refractivity contribution < 1.29 is 0 Å². The fourth-order valence-electron chi connectivity index (χ4n) is 1.64. The van der Waals surface area contributed by atoms with Crippen LogP contribution in [0.3, 0.4) is 0 Å². The molecule has 1 fully saturated rings. The first-order chi connectivity index (χ1) is 4.50. The third-order valence-corrected chi connectivity index (χ3v) is 2.62. The molecule has 1 aliphatic heterocycles. The largest absolute Gasteiger partial charge is 0.306 e. The van der Waals surface area contributed by atoms with Gasteiger partial charge in [0.1, 0.15) is 0 Å². The van der Waals surface area contributed by atoms with Crippen LogP contribution >= 0.6 is 0 Å². The lowest BCUT2D eigenvalue weighted by Gasteiger charge is -2.26. The Morgan fingerprint density at radius 3 is 2.10 bits per heavy atom. The van der Waals surface area contributed by atoms with Crippen molar-refractivity contribution in [2.45, 2.75) is 27.2 Å². The molecule has 1 heterocycles. The first-order valence-corrected chi connectivity index (χ1v) is 4.18. The van der Waals surface area contributed by atoms with Gasteiger partial charge in [-0.25, -0.2) is 0 Å². The molecule has 0 N–H and O–H groups in total. The summed E-state index contributed by atoms with van der Waals surface area (Å²) in [5.41, 5.74) is 0.519. The molecular weight excluding hydrogens is 122 g/mol. The topological polar surface area (TPSA) is 3.24 Å². The second-order valence-corrected chi connectivity index (χ2v) is 4.61. The molecule has 0 aromatic heterocycles. The number of hydrogen-bond donors (Lipinski definition) is 0. The van der Waals surface area contributed by atoms with E-state index in [-0.39, 0.29) is 0 Å². The normalized spacial score (nSPS) is 29.4. The van der Waals surface area contributed by atoms with Gasteiger partial charge in [0, 0.05) is 6.54 Å². The quantitative estimate of drug-likeness (QED) is 0.498. The second kappa shape index (κ2) is 2.54. The van der Waals surface area contributed by atoms with Crippen LogP contribution in [-0.4, -0.2) is 25.0 Å². The summed E-state index contributed by atoms with van der Waals surface area (Å²) in [7, 11) is 2.21. The Bertz CT molecular complexity index is 112. The van der Waals surface area contributed by atoms with Gasteiger partial charge in [-0.05, 0) is 31.3 Å². The van der Waals surface area contributed by atoms with Crippen LogP contribution in [0.15, 0.2) is 0 Å². The van der Waals surface area contributed by atoms with Gasteiger partial charge in [0.25, 0.3) is 0 Å². The second-order valence-electron chi connectivity index (χ2n) is 4.61. The molecule has 0 bridgehead atoms. The molecule has 1 saturated heterocycles. The third-order valence-electron chi connectivity index (χ3n) is 2.62. The Morgan fingerprint density at radius 2 is 1.90 bits per heavy atom. The van der Waals surface area contributed by atoms with E-state index < -0.39 is 0 Å². The van der Waals surface area contributed by atoms with Crippen LogP contribution in [0, 0.1) is 11.3 Å². The van der Waals surface area contributed by atoms with Crippen molar-refractivity contribution in [3.8, 4) is 0 Å². The predicted molar refractivity (Wildman–Crippen MR) is 45.1 cm³/mol. The lowest BCUT2D eigenvalue weighted by molar-refractivity contribution is 0.241. The van der Waals surface area contributed by atoms with Crippen molar-refractivity contribution in [3.63, 3.8) is 0 Å². The molecule has 1 aliphatic rings. The van der Waals surface area contributed by atoms with E-state index in [2.05, 4.69) is 32.7 Å². The number of likely N-dealkylation sites (tertiary alicyclic amines) is 1. The van der Waals surface area contributed by atoms with Gasteiger partial charge in [0.2, 0.25) is 0 Å². The van der Waals surface area contributed by atoms with Gasteiger partial charge in [-0.15, -0.1) is 0 Å². The fourth-order valence-corrected chi connectivity index (χ4v) is 1.64. The smallest absolute Gasteiger partial charge is 0.00121 e. The van der Waals surface area contributed by atoms with Crippen LogP contribution in [0.4, 0.5) is 0 Å². The van der Waals surface area contributed by atoms with E-state index in [1.54, 1.807) is 0 Å². The summed E-state index contributed by atoms with van der Waals surface area (Å²) in [6, 6.07) is 0. The molecule has 0 aliphatic carbocycles. The van der Waals surface area contributed by atoms with E-state index in [4.69, 9.17) is 0 Å². The summed E-state index contributed by atoms with van der Waals surface area (Å²) >= 11 is 0. The molecule has 1 heteroatoms. The van der Waals surface area contributed by atoms with Gasteiger partial charge >= 0.3 is 0 Å². The zero-order valence-corrected chi connectivity index (χ0v) is 7.65. The summed E-state index contributed by atoms with van der Waals surface area (Å²) in [5, 5.41) is 0. The van der Waals surface area contributed by atoms with Gasteiger partial charge in [-0.3, -0.25) is 0 Å². The lowest BCUT2D eigenvalue weighted by atomic mass is 9.80. The Labute approximate surface area is 64.4 Å². The molecule has 0 amide bonds. The molecule has 0 spiro atoms. The maximum Gasteiger partial charge on any atom is 0.00121 e. The van der Waals surface area contributed by atoms with Gasteiger partial charge in [0.05, 0.1) is 0 Å². The molecule has 0 radical (unpaired) electrons. The number of hydrogen-bond acceptors (Lipinski definition) is 1. The van der Waals surface area contributed by atoms with E-state index in [1.165, 1.54) is 19.5 Å². The molecule has 10 heavy (non-hydrogen) atoms. The highest BCUT2D eigenvalue weighted by atomic mass is 15.1. The summed E-state index contributed by atoms with van der Waals surface area (Å²) < 4.78 is 0. The molecule has 0 aromatic carbocycles. The summed E-state index contributed by atoms with van der Waals surface area (Å²) in [5.74, 6) is 0.914. The zero-order valence-electron chi connectivity index (χ0n) is 7.65. The average Bonchev–Trinajstić information content (AvgIpc) is 2.11. The molecular formula is C9H19N. The molecule has 60 valence electrons. The minimum Gasteiger partial charge on any atom is -0.306 e. The molecule has 1 atom stereocenters. The van der Waals surface area contributed by atoms with Crippen molar-refractivity contribution in [1.29, 1.82) is 0 Å². The summed E-state index contributed by atoms with van der Waals surface area (Å²) in [6.45, 7) is 9.62. The maximum absolute atomic E-state index is 2.43. The highest BCUT2D eigenvalue weighted by Gasteiger charge is 2.29. The maximum atomic E-state index is 2.43. The minimum atomic E-state index is 0.519. The van der Waals surface area contributed by atoms with Crippen molar-refractivity contribution in [2.75, 3.05) is 20.1 Å². The van der Waals surface area contributed by atoms with Crippen LogP contribution in [0.25, 0.3) is 0 Å². The zero-order chi connectivity index (χ0) is 7.78. The van der Waals surface area contributed by atoms with E-state index in [9.17, 15) is 0 Å². The van der Waals surface area contributed by atoms with Gasteiger partial charge in [0.15, 0.2) is 0 Å². The summed E-state index contributed by atoms with van der Waals surface area (Å²) in [6.07, 6.45) is 1.39. The van der Waals surface area contributed by atoms with Crippen LogP contribution < -0.4 is 0 Å². The predicted octanol–water partition coefficient (Wildman–Crippen LogP) is 1.98. The lowest BCUT2D eigenvalue weighted by Crippen LogP contribution is -2.23. The van der Waals surface area contributed by atoms with Gasteiger partial charge in [-0.1, -0.05) is 20.8 Å². The standard InChI is InChI=1S/C9H19N/c1-9(2,3)8-5-6-10(4)7-8/h8H,5-7H2,1-4H3/t8-/m0/s1. The van der Waals surface area contributed by atoms with Crippen molar-refractivity contribution >= 4 is 0 Å². The van der Waals surface area contributed by atoms with E-state index in [1.807, 2.05) is 0 Å². The van der Waals surface area contributed by atoms with Crippen molar-refractivity contribution in [2.24, 2.45) is 11.3 Å². The molecule has 0 aromatic rings. The van der Waals surface area contributed by atoms with E-state index in [0.717, 1.165) is 5.92 Å². The van der Waals surface area contributed by atoms with Crippen LogP contribution in [0.2, 0.25) is 0 Å². The molecule has 1 rings (SSSR count). The number of nitrogens with zero attached hydrogens (tertiary/aromatic N) is 1. The van der Waals surface area contributed by atoms with Crippen molar-refractivity contribution in [3.05, 3.63) is 0 Å². The fraction of sp³-hybridized carbons (Fsp3) is 1.00. The highest BCUT2D eigenvalue weighted by Crippen LogP contribution is 2.32. The molecule has 1 nitrogen and oxygen atoms in total. The van der Waals surface area contributed by atoms with Crippen LogP contribution in [0.1, 0.15) is 27.2 Å². The minimum absolute atomic E-state index is 0.519. The number of rotatable bonds is 0. The van der Waals surface area contributed by atoms with Crippen LogP contribution in [0.5, 0.6) is 0 Å². The van der Waals surface area contributed by atoms with Gasteiger partial charge in [-0.2, -0.15) is 0 Å². The first kappa shape index (κ1) is 8.06. The van der Waals surface area contributed by atoms with E-state index in [0.29, 0.717) is 5.41 Å². The third kappa shape index (κ3) is 1.72. The molecule has 0 unspecified atom stereocenters. The van der Waals surface area contributed by atoms with E-state index >= 15 is 0 Å². The Morgan fingerprint density at radius 1 is 1.30 bits per heavy atom. The SMILES string of the molecule is CN1CC[C@H](C(C)(C)C)C1. The summed E-state index contributed by atoms with van der Waals surface area (Å²) in [4.78, 5) is 2.43. The van der Waals surface area contributed by atoms with Crippen molar-refractivity contribution in [1.82, 2.24) is 4.90 Å². The monoisotopic (exact) mass is 141 g/mol. The Balaban J connectivity index is 2.45. The average molecular weight is 141 g/mol. The van der Waals surface area contributed by atoms with Crippen LogP contribution in [-0.2, 0) is 0 Å². The highest BCUT2D eigenvalue weighted by molar-refractivity contribution is 4.81. The Kier molecular flexibility index (Phi) is 2.04. The first-order valence-electron chi connectivity index (χ1n) is 4.18. The molecule has 0 saturated carbocycles.